The molecule has 0 bridgehead atoms. The highest BCUT2D eigenvalue weighted by Crippen LogP contribution is 2.17. The number of benzene rings is 1. The Kier molecular flexibility index (Phi) is 6.86. The second-order valence-corrected chi connectivity index (χ2v) is 6.26. The maximum Gasteiger partial charge on any atom is 0.260 e. The van der Waals surface area contributed by atoms with Gasteiger partial charge in [-0.2, -0.15) is 0 Å². The maximum absolute atomic E-state index is 12.1. The Morgan fingerprint density at radius 3 is 2.74 bits per heavy atom. The quantitative estimate of drug-likeness (QED) is 0.719. The van der Waals surface area contributed by atoms with Gasteiger partial charge in [-0.1, -0.05) is 6.07 Å². The first-order chi connectivity index (χ1) is 11.1. The lowest BCUT2D eigenvalue weighted by Crippen LogP contribution is -3.14. The van der Waals surface area contributed by atoms with Gasteiger partial charge in [-0.15, -0.1) is 0 Å². The summed E-state index contributed by atoms with van der Waals surface area (Å²) in [4.78, 5) is 13.6. The molecular formula is C18H29N2O3+. The highest BCUT2D eigenvalue weighted by atomic mass is 16.5. The highest BCUT2D eigenvalue weighted by molar-refractivity contribution is 5.80. The van der Waals surface area contributed by atoms with Gasteiger partial charge in [0.1, 0.15) is 18.8 Å². The number of nitrogens with one attached hydrogen (secondary N) is 2. The van der Waals surface area contributed by atoms with Crippen molar-refractivity contribution >= 4 is 5.91 Å². The molecule has 1 atom stereocenters. The van der Waals surface area contributed by atoms with Gasteiger partial charge in [0.15, 0.2) is 6.10 Å². The van der Waals surface area contributed by atoms with E-state index in [0.29, 0.717) is 6.54 Å². The largest absolute Gasteiger partial charge is 0.481 e. The molecule has 128 valence electrons. The van der Waals surface area contributed by atoms with E-state index in [1.165, 1.54) is 11.1 Å². The highest BCUT2D eigenvalue weighted by Gasteiger charge is 2.16. The molecule has 23 heavy (non-hydrogen) atoms. The minimum Gasteiger partial charge on any atom is -0.481 e. The average Bonchev–Trinajstić information content (AvgIpc) is 2.55. The van der Waals surface area contributed by atoms with Crippen molar-refractivity contribution in [3.8, 4) is 5.75 Å². The number of carbonyl (C=O) groups excluding carboxylic acids is 1. The van der Waals surface area contributed by atoms with Crippen LogP contribution in [0, 0.1) is 13.8 Å². The minimum atomic E-state index is -0.479. The van der Waals surface area contributed by atoms with Gasteiger partial charge in [-0.05, 0) is 44.0 Å². The Morgan fingerprint density at radius 1 is 1.30 bits per heavy atom. The molecular weight excluding hydrogens is 292 g/mol. The molecule has 1 saturated heterocycles. The molecule has 0 unspecified atom stereocenters. The fraction of sp³-hybridized carbons (Fsp3) is 0.611. The van der Waals surface area contributed by atoms with Gasteiger partial charge in [0.2, 0.25) is 0 Å². The molecule has 2 N–H and O–H groups in total. The lowest BCUT2D eigenvalue weighted by atomic mass is 10.1. The Labute approximate surface area is 139 Å². The summed E-state index contributed by atoms with van der Waals surface area (Å²) >= 11 is 0. The average molecular weight is 321 g/mol. The lowest BCUT2D eigenvalue weighted by Gasteiger charge is -2.23. The molecule has 5 heteroatoms. The van der Waals surface area contributed by atoms with Crippen LogP contribution in [0.2, 0.25) is 0 Å². The summed E-state index contributed by atoms with van der Waals surface area (Å²) in [5, 5.41) is 2.96. The Balaban J connectivity index is 1.66. The van der Waals surface area contributed by atoms with Crippen molar-refractivity contribution in [2.24, 2.45) is 0 Å². The van der Waals surface area contributed by atoms with E-state index in [1.807, 2.05) is 25.1 Å². The molecule has 1 heterocycles. The summed E-state index contributed by atoms with van der Waals surface area (Å²) in [7, 11) is 0. The lowest BCUT2D eigenvalue weighted by molar-refractivity contribution is -0.908. The molecule has 0 saturated carbocycles. The summed E-state index contributed by atoms with van der Waals surface area (Å²) < 4.78 is 11.1. The van der Waals surface area contributed by atoms with Gasteiger partial charge in [0.25, 0.3) is 5.91 Å². The third-order valence-corrected chi connectivity index (χ3v) is 4.37. The number of morpholine rings is 1. The van der Waals surface area contributed by atoms with Crippen LogP contribution < -0.4 is 15.0 Å². The monoisotopic (exact) mass is 321 g/mol. The van der Waals surface area contributed by atoms with Crippen molar-refractivity contribution in [3.63, 3.8) is 0 Å². The topological polar surface area (TPSA) is 52.0 Å². The molecule has 1 aliphatic rings. The van der Waals surface area contributed by atoms with E-state index in [4.69, 9.17) is 9.47 Å². The predicted molar refractivity (Wildman–Crippen MR) is 90.0 cm³/mol. The second kappa shape index (κ2) is 8.89. The minimum absolute atomic E-state index is 0.0554. The zero-order chi connectivity index (χ0) is 16.7. The third-order valence-electron chi connectivity index (χ3n) is 4.37. The zero-order valence-corrected chi connectivity index (χ0v) is 14.5. The molecule has 1 aromatic carbocycles. The van der Waals surface area contributed by atoms with Gasteiger partial charge >= 0.3 is 0 Å². The number of aryl methyl sites for hydroxylation is 2. The number of hydrogen-bond acceptors (Lipinski definition) is 3. The van der Waals surface area contributed by atoms with Crippen molar-refractivity contribution < 1.29 is 19.2 Å². The van der Waals surface area contributed by atoms with E-state index >= 15 is 0 Å². The van der Waals surface area contributed by atoms with Gasteiger partial charge in [0.05, 0.1) is 19.8 Å². The number of rotatable bonds is 7. The van der Waals surface area contributed by atoms with Crippen LogP contribution in [-0.2, 0) is 9.53 Å². The van der Waals surface area contributed by atoms with Crippen molar-refractivity contribution in [2.45, 2.75) is 33.3 Å². The normalized spacial score (nSPS) is 16.8. The molecule has 1 aliphatic heterocycles. The first-order valence-electron chi connectivity index (χ1n) is 8.49. The summed E-state index contributed by atoms with van der Waals surface area (Å²) in [6.45, 7) is 11.5. The van der Waals surface area contributed by atoms with Gasteiger partial charge < -0.3 is 19.7 Å². The fourth-order valence-corrected chi connectivity index (χ4v) is 2.65. The van der Waals surface area contributed by atoms with E-state index in [-0.39, 0.29) is 5.91 Å². The van der Waals surface area contributed by atoms with Crippen molar-refractivity contribution in [1.82, 2.24) is 5.32 Å². The van der Waals surface area contributed by atoms with Crippen LogP contribution in [0.4, 0.5) is 0 Å². The molecule has 2 rings (SSSR count). The van der Waals surface area contributed by atoms with Crippen LogP contribution in [0.25, 0.3) is 0 Å². The van der Waals surface area contributed by atoms with Crippen LogP contribution >= 0.6 is 0 Å². The molecule has 5 nitrogen and oxygen atoms in total. The predicted octanol–water partition coefficient (Wildman–Crippen LogP) is 0.492. The first-order valence-corrected chi connectivity index (χ1v) is 8.49. The van der Waals surface area contributed by atoms with Crippen LogP contribution in [0.15, 0.2) is 18.2 Å². The van der Waals surface area contributed by atoms with E-state index in [9.17, 15) is 4.79 Å². The molecule has 0 aromatic heterocycles. The van der Waals surface area contributed by atoms with E-state index in [1.54, 1.807) is 11.8 Å². The van der Waals surface area contributed by atoms with Crippen LogP contribution in [0.1, 0.15) is 24.5 Å². The van der Waals surface area contributed by atoms with Crippen LogP contribution in [0.3, 0.4) is 0 Å². The maximum atomic E-state index is 12.1. The van der Waals surface area contributed by atoms with Crippen molar-refractivity contribution in [1.29, 1.82) is 0 Å². The van der Waals surface area contributed by atoms with E-state index in [0.717, 1.165) is 45.0 Å². The van der Waals surface area contributed by atoms with Crippen molar-refractivity contribution in [3.05, 3.63) is 29.3 Å². The third kappa shape index (κ3) is 5.84. The van der Waals surface area contributed by atoms with Crippen LogP contribution in [-0.4, -0.2) is 51.4 Å². The second-order valence-electron chi connectivity index (χ2n) is 6.26. The first kappa shape index (κ1) is 17.8. The summed E-state index contributed by atoms with van der Waals surface area (Å²) in [6.07, 6.45) is 0.505. The Morgan fingerprint density at radius 2 is 2.04 bits per heavy atom. The zero-order valence-electron chi connectivity index (χ0n) is 14.5. The van der Waals surface area contributed by atoms with Gasteiger partial charge in [-0.3, -0.25) is 4.79 Å². The molecule has 0 aliphatic carbocycles. The van der Waals surface area contributed by atoms with Crippen molar-refractivity contribution in [2.75, 3.05) is 39.4 Å². The van der Waals surface area contributed by atoms with E-state index in [2.05, 4.69) is 12.2 Å². The summed E-state index contributed by atoms with van der Waals surface area (Å²) in [5.41, 5.74) is 2.39. The van der Waals surface area contributed by atoms with Gasteiger partial charge in [-0.25, -0.2) is 0 Å². The van der Waals surface area contributed by atoms with Crippen LogP contribution in [0.5, 0.6) is 5.75 Å². The summed E-state index contributed by atoms with van der Waals surface area (Å²) in [5.74, 6) is 0.689. The number of amides is 1. The molecule has 0 radical (unpaired) electrons. The fourth-order valence-electron chi connectivity index (χ4n) is 2.65. The smallest absolute Gasteiger partial charge is 0.260 e. The molecule has 0 spiro atoms. The summed E-state index contributed by atoms with van der Waals surface area (Å²) in [6, 6.07) is 5.90. The number of hydrogen-bond donors (Lipinski definition) is 2. The van der Waals surface area contributed by atoms with E-state index < -0.39 is 6.10 Å². The Hall–Kier alpha value is -1.59. The Bertz CT molecular complexity index is 513. The molecule has 1 fully saturated rings. The number of quaternary nitrogens is 1. The molecule has 1 aromatic rings. The molecule has 1 amide bonds. The standard InChI is InChI=1S/C18H28N2O3/c1-14-5-6-17(13-15(14)2)23-16(3)18(21)19-7-4-8-20-9-11-22-12-10-20/h5-6,13,16H,4,7-12H2,1-3H3,(H,19,21)/p+1/t16-/m1/s1. The number of carbonyl (C=O) groups is 1. The SMILES string of the molecule is Cc1ccc(O[C@H](C)C(=O)NCCC[NH+]2CCOCC2)cc1C. The van der Waals surface area contributed by atoms with Gasteiger partial charge in [0, 0.05) is 13.0 Å². The number of ether oxygens (including phenoxy) is 2.